The molecule has 2 saturated heterocycles. The monoisotopic (exact) mass is 384 g/mol. The van der Waals surface area contributed by atoms with Gasteiger partial charge >= 0.3 is 0 Å². The molecule has 27 heavy (non-hydrogen) atoms. The average molecular weight is 385 g/mol. The zero-order valence-electron chi connectivity index (χ0n) is 15.5. The van der Waals surface area contributed by atoms with E-state index in [1.807, 2.05) is 29.2 Å². The number of hydrogen-bond acceptors (Lipinski definition) is 4. The number of amides is 1. The molecule has 0 aliphatic carbocycles. The molecule has 0 N–H and O–H groups in total. The second-order valence-corrected chi connectivity index (χ2v) is 7.72. The first-order chi connectivity index (χ1) is 13.2. The van der Waals surface area contributed by atoms with Gasteiger partial charge in [0.25, 0.3) is 5.91 Å². The van der Waals surface area contributed by atoms with Gasteiger partial charge in [-0.05, 0) is 42.7 Å². The lowest BCUT2D eigenvalue weighted by Gasteiger charge is -2.34. The second kappa shape index (κ2) is 8.28. The Kier molecular flexibility index (Phi) is 5.60. The minimum atomic E-state index is 0.0437. The number of hydrogen-bond donors (Lipinski definition) is 0. The highest BCUT2D eigenvalue weighted by Gasteiger charge is 2.24. The molecule has 0 saturated carbocycles. The van der Waals surface area contributed by atoms with E-state index < -0.39 is 0 Å². The number of aromatic nitrogens is 1. The predicted octanol–water partition coefficient (Wildman–Crippen LogP) is 3.29. The van der Waals surface area contributed by atoms with Crippen molar-refractivity contribution in [3.63, 3.8) is 0 Å². The van der Waals surface area contributed by atoms with Gasteiger partial charge in [-0.25, -0.2) is 0 Å². The van der Waals surface area contributed by atoms with E-state index >= 15 is 0 Å². The number of nitrogens with zero attached hydrogens (tertiary/aromatic N) is 4. The molecule has 0 spiro atoms. The van der Waals surface area contributed by atoms with E-state index in [1.54, 1.807) is 6.20 Å². The maximum atomic E-state index is 12.9. The van der Waals surface area contributed by atoms with Gasteiger partial charge in [-0.2, -0.15) is 0 Å². The van der Waals surface area contributed by atoms with E-state index in [-0.39, 0.29) is 5.91 Å². The van der Waals surface area contributed by atoms with Crippen molar-refractivity contribution in [2.45, 2.75) is 19.4 Å². The smallest absolute Gasteiger partial charge is 0.272 e. The van der Waals surface area contributed by atoms with Crippen molar-refractivity contribution in [2.24, 2.45) is 0 Å². The highest BCUT2D eigenvalue weighted by Crippen LogP contribution is 2.21. The largest absolute Gasteiger partial charge is 0.371 e. The van der Waals surface area contributed by atoms with E-state index in [0.717, 1.165) is 56.5 Å². The lowest BCUT2D eigenvalue weighted by Crippen LogP contribution is -2.48. The summed E-state index contributed by atoms with van der Waals surface area (Å²) in [6.07, 6.45) is 4.21. The van der Waals surface area contributed by atoms with Crippen LogP contribution in [-0.2, 0) is 6.54 Å². The molecule has 0 radical (unpaired) electrons. The van der Waals surface area contributed by atoms with Crippen LogP contribution in [0.3, 0.4) is 0 Å². The fourth-order valence-corrected chi connectivity index (χ4v) is 3.95. The normalized spacial score (nSPS) is 18.1. The van der Waals surface area contributed by atoms with Crippen LogP contribution in [0.2, 0.25) is 5.02 Å². The minimum Gasteiger partial charge on any atom is -0.371 e. The molecule has 0 bridgehead atoms. The number of piperazine rings is 1. The van der Waals surface area contributed by atoms with Crippen LogP contribution in [0, 0.1) is 0 Å². The van der Waals surface area contributed by atoms with Crippen molar-refractivity contribution >= 4 is 23.2 Å². The van der Waals surface area contributed by atoms with Gasteiger partial charge in [-0.1, -0.05) is 23.7 Å². The number of carbonyl (C=O) groups excluding carboxylic acids is 1. The van der Waals surface area contributed by atoms with Crippen LogP contribution in [0.5, 0.6) is 0 Å². The first-order valence-electron chi connectivity index (χ1n) is 9.66. The molecule has 1 amide bonds. The Morgan fingerprint density at radius 1 is 0.963 bits per heavy atom. The van der Waals surface area contributed by atoms with Gasteiger partial charge in [0.15, 0.2) is 0 Å². The van der Waals surface area contributed by atoms with Crippen LogP contribution >= 0.6 is 11.6 Å². The third kappa shape index (κ3) is 4.42. The summed E-state index contributed by atoms with van der Waals surface area (Å²) >= 11 is 5.95. The third-order valence-electron chi connectivity index (χ3n) is 5.41. The number of rotatable bonds is 4. The SMILES string of the molecule is O=C(c1cc(N2CCCC2)ccn1)N1CCN(Cc2ccc(Cl)cc2)CC1. The van der Waals surface area contributed by atoms with Crippen LogP contribution in [0.1, 0.15) is 28.9 Å². The Labute approximate surface area is 165 Å². The Hall–Kier alpha value is -2.11. The summed E-state index contributed by atoms with van der Waals surface area (Å²) in [4.78, 5) is 23.9. The Balaban J connectivity index is 1.34. The minimum absolute atomic E-state index is 0.0437. The van der Waals surface area contributed by atoms with Crippen molar-refractivity contribution in [2.75, 3.05) is 44.2 Å². The summed E-state index contributed by atoms with van der Waals surface area (Å²) in [6.45, 7) is 6.26. The van der Waals surface area contributed by atoms with E-state index in [2.05, 4.69) is 26.9 Å². The molecule has 0 atom stereocenters. The van der Waals surface area contributed by atoms with Gasteiger partial charge in [0, 0.05) is 62.7 Å². The molecule has 5 nitrogen and oxygen atoms in total. The molecular weight excluding hydrogens is 360 g/mol. The van der Waals surface area contributed by atoms with Crippen LogP contribution in [0.25, 0.3) is 0 Å². The maximum Gasteiger partial charge on any atom is 0.272 e. The molecule has 142 valence electrons. The van der Waals surface area contributed by atoms with E-state index in [4.69, 9.17) is 11.6 Å². The summed E-state index contributed by atoms with van der Waals surface area (Å²) in [6, 6.07) is 11.9. The molecule has 2 aliphatic heterocycles. The Bertz CT molecular complexity index is 781. The molecule has 2 aliphatic rings. The van der Waals surface area contributed by atoms with Crippen molar-refractivity contribution in [3.8, 4) is 0 Å². The zero-order valence-corrected chi connectivity index (χ0v) is 16.2. The van der Waals surface area contributed by atoms with Crippen LogP contribution in [0.4, 0.5) is 5.69 Å². The van der Waals surface area contributed by atoms with Crippen molar-refractivity contribution in [3.05, 3.63) is 58.9 Å². The number of benzene rings is 1. The number of pyridine rings is 1. The maximum absolute atomic E-state index is 12.9. The molecule has 1 aromatic carbocycles. The first kappa shape index (κ1) is 18.3. The van der Waals surface area contributed by atoms with Gasteiger partial charge in [-0.15, -0.1) is 0 Å². The van der Waals surface area contributed by atoms with Crippen LogP contribution in [0.15, 0.2) is 42.6 Å². The lowest BCUT2D eigenvalue weighted by atomic mass is 10.2. The fourth-order valence-electron chi connectivity index (χ4n) is 3.83. The lowest BCUT2D eigenvalue weighted by molar-refractivity contribution is 0.0623. The summed E-state index contributed by atoms with van der Waals surface area (Å²) in [5, 5.41) is 0.762. The highest BCUT2D eigenvalue weighted by atomic mass is 35.5. The third-order valence-corrected chi connectivity index (χ3v) is 5.66. The predicted molar refractivity (Wildman–Crippen MR) is 108 cm³/mol. The Morgan fingerprint density at radius 3 is 2.37 bits per heavy atom. The standard InChI is InChI=1S/C21H25ClN4O/c22-18-5-3-17(4-6-18)16-24-11-13-26(14-12-24)21(27)20-15-19(7-8-23-20)25-9-1-2-10-25/h3-8,15H,1-2,9-14,16H2. The molecular formula is C21H25ClN4O. The van der Waals surface area contributed by atoms with Gasteiger partial charge in [0.05, 0.1) is 0 Å². The highest BCUT2D eigenvalue weighted by molar-refractivity contribution is 6.30. The van der Waals surface area contributed by atoms with Gasteiger partial charge < -0.3 is 9.80 Å². The van der Waals surface area contributed by atoms with Crippen LogP contribution < -0.4 is 4.90 Å². The molecule has 4 rings (SSSR count). The molecule has 3 heterocycles. The number of halogens is 1. The molecule has 2 aromatic rings. The first-order valence-corrected chi connectivity index (χ1v) is 10.0. The van der Waals surface area contributed by atoms with E-state index in [9.17, 15) is 4.79 Å². The summed E-state index contributed by atoms with van der Waals surface area (Å²) < 4.78 is 0. The summed E-state index contributed by atoms with van der Waals surface area (Å²) in [7, 11) is 0. The molecule has 2 fully saturated rings. The van der Waals surface area contributed by atoms with E-state index in [1.165, 1.54) is 18.4 Å². The number of carbonyl (C=O) groups is 1. The van der Waals surface area contributed by atoms with Gasteiger partial charge in [0.2, 0.25) is 0 Å². The average Bonchev–Trinajstić information content (AvgIpc) is 3.25. The van der Waals surface area contributed by atoms with Gasteiger partial charge in [-0.3, -0.25) is 14.7 Å². The molecule has 0 unspecified atom stereocenters. The zero-order chi connectivity index (χ0) is 18.6. The summed E-state index contributed by atoms with van der Waals surface area (Å²) in [5.74, 6) is 0.0437. The molecule has 1 aromatic heterocycles. The quantitative estimate of drug-likeness (QED) is 0.810. The van der Waals surface area contributed by atoms with Crippen molar-refractivity contribution in [1.29, 1.82) is 0 Å². The van der Waals surface area contributed by atoms with Crippen LogP contribution in [-0.4, -0.2) is 60.0 Å². The molecule has 6 heteroatoms. The fraction of sp³-hybridized carbons (Fsp3) is 0.429. The summed E-state index contributed by atoms with van der Waals surface area (Å²) in [5.41, 5.74) is 2.93. The topological polar surface area (TPSA) is 39.7 Å². The second-order valence-electron chi connectivity index (χ2n) is 7.29. The Morgan fingerprint density at radius 2 is 1.67 bits per heavy atom. The van der Waals surface area contributed by atoms with E-state index in [0.29, 0.717) is 5.69 Å². The number of anilines is 1. The van der Waals surface area contributed by atoms with Gasteiger partial charge in [0.1, 0.15) is 5.69 Å². The van der Waals surface area contributed by atoms with Crippen molar-refractivity contribution in [1.82, 2.24) is 14.8 Å². The van der Waals surface area contributed by atoms with Crippen molar-refractivity contribution < 1.29 is 4.79 Å².